The van der Waals surface area contributed by atoms with Crippen LogP contribution in [0.1, 0.15) is 15.9 Å². The van der Waals surface area contributed by atoms with E-state index in [1.807, 2.05) is 0 Å². The number of carboxylic acid groups (broad SMARTS) is 1. The first-order valence-corrected chi connectivity index (χ1v) is 4.98. The van der Waals surface area contributed by atoms with Crippen molar-refractivity contribution in [3.63, 3.8) is 0 Å². The summed E-state index contributed by atoms with van der Waals surface area (Å²) >= 11 is 0. The molecule has 0 aliphatic rings. The number of phenolic OH excluding ortho intramolecular Hbond substituents is 2. The number of hydrogen-bond acceptors (Lipinski definition) is 6. The molecule has 98 valence electrons. The van der Waals surface area contributed by atoms with Gasteiger partial charge in [-0.25, -0.2) is 4.79 Å². The normalized spacial score (nSPS) is 11.9. The van der Waals surface area contributed by atoms with Gasteiger partial charge < -0.3 is 25.8 Å². The summed E-state index contributed by atoms with van der Waals surface area (Å²) in [7, 11) is 1.16. The molecule has 0 radical (unpaired) electrons. The zero-order valence-electron chi connectivity index (χ0n) is 9.58. The SMILES string of the molecule is COC(=O)[C@H](N)Cc1c(O)cc(C(=O)O)cc1O. The molecule has 0 aromatic heterocycles. The van der Waals surface area contributed by atoms with Gasteiger partial charge in [-0.15, -0.1) is 0 Å². The number of nitrogens with two attached hydrogens (primary N) is 1. The van der Waals surface area contributed by atoms with Gasteiger partial charge in [0.1, 0.15) is 17.5 Å². The zero-order valence-corrected chi connectivity index (χ0v) is 9.58. The molecule has 0 aliphatic carbocycles. The molecule has 5 N–H and O–H groups in total. The Morgan fingerprint density at radius 1 is 1.33 bits per heavy atom. The van der Waals surface area contributed by atoms with Gasteiger partial charge in [-0.1, -0.05) is 0 Å². The molecule has 0 saturated carbocycles. The summed E-state index contributed by atoms with van der Waals surface area (Å²) in [6.07, 6.45) is -0.162. The Morgan fingerprint density at radius 2 is 1.83 bits per heavy atom. The van der Waals surface area contributed by atoms with Crippen LogP contribution in [0.3, 0.4) is 0 Å². The molecule has 0 heterocycles. The first-order valence-electron chi connectivity index (χ1n) is 4.98. The highest BCUT2D eigenvalue weighted by Gasteiger charge is 2.20. The first-order chi connectivity index (χ1) is 8.36. The smallest absolute Gasteiger partial charge is 0.335 e. The molecule has 0 bridgehead atoms. The van der Waals surface area contributed by atoms with E-state index in [4.69, 9.17) is 10.8 Å². The average molecular weight is 255 g/mol. The number of ether oxygens (including phenoxy) is 1. The largest absolute Gasteiger partial charge is 0.508 e. The average Bonchev–Trinajstić information content (AvgIpc) is 2.31. The molecule has 1 atom stereocenters. The van der Waals surface area contributed by atoms with Crippen molar-refractivity contribution in [2.75, 3.05) is 7.11 Å². The fourth-order valence-electron chi connectivity index (χ4n) is 1.43. The quantitative estimate of drug-likeness (QED) is 0.550. The van der Waals surface area contributed by atoms with Crippen LogP contribution in [-0.2, 0) is 16.0 Å². The van der Waals surface area contributed by atoms with E-state index >= 15 is 0 Å². The number of carboxylic acids is 1. The molecule has 1 aromatic carbocycles. The van der Waals surface area contributed by atoms with Crippen LogP contribution in [0.25, 0.3) is 0 Å². The molecule has 0 saturated heterocycles. The summed E-state index contributed by atoms with van der Waals surface area (Å²) in [4.78, 5) is 21.8. The Labute approximate surface area is 102 Å². The van der Waals surface area contributed by atoms with Crippen LogP contribution in [0.4, 0.5) is 0 Å². The maximum Gasteiger partial charge on any atom is 0.335 e. The van der Waals surface area contributed by atoms with Gasteiger partial charge in [0.05, 0.1) is 12.7 Å². The van der Waals surface area contributed by atoms with E-state index in [1.54, 1.807) is 0 Å². The maximum atomic E-state index is 11.1. The van der Waals surface area contributed by atoms with Crippen LogP contribution in [0.2, 0.25) is 0 Å². The number of carbonyl (C=O) groups is 2. The molecule has 0 amide bonds. The molecule has 18 heavy (non-hydrogen) atoms. The number of hydrogen-bond donors (Lipinski definition) is 4. The summed E-state index contributed by atoms with van der Waals surface area (Å²) in [6, 6.07) is 0.894. The highest BCUT2D eigenvalue weighted by Crippen LogP contribution is 2.29. The summed E-state index contributed by atoms with van der Waals surface area (Å²) in [6.45, 7) is 0. The number of methoxy groups -OCH3 is 1. The van der Waals surface area contributed by atoms with Crippen molar-refractivity contribution in [2.45, 2.75) is 12.5 Å². The van der Waals surface area contributed by atoms with Gasteiger partial charge in [-0.2, -0.15) is 0 Å². The number of carbonyl (C=O) groups excluding carboxylic acids is 1. The van der Waals surface area contributed by atoms with Crippen molar-refractivity contribution in [3.05, 3.63) is 23.3 Å². The van der Waals surface area contributed by atoms with Crippen LogP contribution >= 0.6 is 0 Å². The lowest BCUT2D eigenvalue weighted by Gasteiger charge is -2.12. The van der Waals surface area contributed by atoms with E-state index in [0.717, 1.165) is 19.2 Å². The molecule has 0 spiro atoms. The minimum atomic E-state index is -1.29. The number of benzene rings is 1. The van der Waals surface area contributed by atoms with E-state index in [9.17, 15) is 19.8 Å². The van der Waals surface area contributed by atoms with Gasteiger partial charge >= 0.3 is 11.9 Å². The van der Waals surface area contributed by atoms with Gasteiger partial charge in [-0.3, -0.25) is 4.79 Å². The van der Waals surface area contributed by atoms with Gasteiger partial charge in [0.25, 0.3) is 0 Å². The summed E-state index contributed by atoms with van der Waals surface area (Å²) in [5, 5.41) is 27.9. The Morgan fingerprint density at radius 3 is 2.22 bits per heavy atom. The monoisotopic (exact) mass is 255 g/mol. The lowest BCUT2D eigenvalue weighted by molar-refractivity contribution is -0.142. The molecule has 0 unspecified atom stereocenters. The van der Waals surface area contributed by atoms with Gasteiger partial charge in [0, 0.05) is 12.0 Å². The van der Waals surface area contributed by atoms with E-state index in [2.05, 4.69) is 4.74 Å². The lowest BCUT2D eigenvalue weighted by atomic mass is 10.0. The number of phenols is 2. The van der Waals surface area contributed by atoms with Crippen molar-refractivity contribution in [2.24, 2.45) is 5.73 Å². The third-order valence-corrected chi connectivity index (χ3v) is 2.38. The van der Waals surface area contributed by atoms with E-state index in [0.29, 0.717) is 0 Å². The Kier molecular flexibility index (Phi) is 4.11. The van der Waals surface area contributed by atoms with Crippen molar-refractivity contribution in [3.8, 4) is 11.5 Å². The van der Waals surface area contributed by atoms with E-state index in [-0.39, 0.29) is 17.5 Å². The molecule has 7 nitrogen and oxygen atoms in total. The second-order valence-electron chi connectivity index (χ2n) is 3.63. The molecule has 1 aromatic rings. The van der Waals surface area contributed by atoms with E-state index < -0.39 is 29.5 Å². The van der Waals surface area contributed by atoms with Crippen LogP contribution in [0, 0.1) is 0 Å². The third-order valence-electron chi connectivity index (χ3n) is 2.38. The maximum absolute atomic E-state index is 11.1. The topological polar surface area (TPSA) is 130 Å². The standard InChI is InChI=1S/C11H13NO6/c1-18-11(17)7(12)4-6-8(13)2-5(10(15)16)3-9(6)14/h2-3,7,13-14H,4,12H2,1H3,(H,15,16)/t7-/m1/s1. The lowest BCUT2D eigenvalue weighted by Crippen LogP contribution is -2.33. The van der Waals surface area contributed by atoms with Gasteiger partial charge in [0.15, 0.2) is 0 Å². The Balaban J connectivity index is 3.04. The first kappa shape index (κ1) is 13.8. The molecular weight excluding hydrogens is 242 g/mol. The Hall–Kier alpha value is -2.28. The molecular formula is C11H13NO6. The fraction of sp³-hybridized carbons (Fsp3) is 0.273. The number of rotatable bonds is 4. The van der Waals surface area contributed by atoms with Crippen molar-refractivity contribution < 1.29 is 29.6 Å². The third kappa shape index (κ3) is 2.89. The van der Waals surface area contributed by atoms with E-state index in [1.165, 1.54) is 0 Å². The fourth-order valence-corrected chi connectivity index (χ4v) is 1.43. The van der Waals surface area contributed by atoms with Crippen LogP contribution in [0.15, 0.2) is 12.1 Å². The molecule has 0 aliphatic heterocycles. The molecule has 1 rings (SSSR count). The molecule has 0 fully saturated rings. The van der Waals surface area contributed by atoms with Crippen LogP contribution < -0.4 is 5.73 Å². The second kappa shape index (κ2) is 5.37. The zero-order chi connectivity index (χ0) is 13.9. The van der Waals surface area contributed by atoms with Crippen molar-refractivity contribution >= 4 is 11.9 Å². The van der Waals surface area contributed by atoms with Gasteiger partial charge in [0.2, 0.25) is 0 Å². The second-order valence-corrected chi connectivity index (χ2v) is 3.63. The highest BCUT2D eigenvalue weighted by molar-refractivity contribution is 5.89. The predicted octanol–water partition coefficient (Wildman–Crippen LogP) is -0.161. The number of esters is 1. The van der Waals surface area contributed by atoms with Gasteiger partial charge in [-0.05, 0) is 12.1 Å². The number of aromatic carboxylic acids is 1. The summed E-state index contributed by atoms with van der Waals surface area (Å²) < 4.78 is 4.40. The number of aromatic hydroxyl groups is 2. The summed E-state index contributed by atoms with van der Waals surface area (Å²) in [5.41, 5.74) is 5.22. The predicted molar refractivity (Wildman–Crippen MR) is 60.4 cm³/mol. The summed E-state index contributed by atoms with van der Waals surface area (Å²) in [5.74, 6) is -2.86. The van der Waals surface area contributed by atoms with Crippen molar-refractivity contribution in [1.82, 2.24) is 0 Å². The van der Waals surface area contributed by atoms with Crippen LogP contribution in [0.5, 0.6) is 11.5 Å². The molecule has 7 heteroatoms. The minimum Gasteiger partial charge on any atom is -0.508 e. The Bertz CT molecular complexity index is 461. The van der Waals surface area contributed by atoms with Crippen LogP contribution in [-0.4, -0.2) is 40.4 Å². The van der Waals surface area contributed by atoms with Crippen molar-refractivity contribution in [1.29, 1.82) is 0 Å². The minimum absolute atomic E-state index is 0.00194. The highest BCUT2D eigenvalue weighted by atomic mass is 16.5.